The largest absolute Gasteiger partial charge is 0.455 e. The first-order valence-electron chi connectivity index (χ1n) is 7.16. The first kappa shape index (κ1) is 16.7. The number of rotatable bonds is 5. The van der Waals surface area contributed by atoms with Crippen LogP contribution in [0.4, 0.5) is 5.69 Å². The molecule has 126 valence electrons. The number of esters is 1. The monoisotopic (exact) mass is 358 g/mol. The van der Waals surface area contributed by atoms with E-state index in [0.717, 1.165) is 11.6 Å². The maximum atomic E-state index is 12.1. The molecular weight excluding hydrogens is 348 g/mol. The maximum Gasteiger partial charge on any atom is 0.345 e. The number of nitro benzene ring substituents is 1. The number of halogens is 1. The van der Waals surface area contributed by atoms with Crippen LogP contribution in [-0.2, 0) is 11.3 Å². The second kappa shape index (κ2) is 7.14. The van der Waals surface area contributed by atoms with Gasteiger partial charge in [0.1, 0.15) is 17.9 Å². The summed E-state index contributed by atoms with van der Waals surface area (Å²) in [6, 6.07) is 14.6. The summed E-state index contributed by atoms with van der Waals surface area (Å²) in [6.45, 7) is -0.182. The Morgan fingerprint density at radius 3 is 2.68 bits per heavy atom. The van der Waals surface area contributed by atoms with Crippen LogP contribution in [0.3, 0.4) is 0 Å². The van der Waals surface area contributed by atoms with E-state index in [2.05, 4.69) is 5.16 Å². The van der Waals surface area contributed by atoms with E-state index in [1.807, 2.05) is 30.3 Å². The fraction of sp³-hybridized carbons (Fsp3) is 0.0588. The normalized spacial score (nSPS) is 10.4. The SMILES string of the molecule is O=C(OCc1cc(-c2ccccc2)on1)c1cc(Cl)ccc1[N+](=O)[O-]. The molecule has 1 aromatic heterocycles. The van der Waals surface area contributed by atoms with Crippen molar-refractivity contribution in [3.05, 3.63) is 81.0 Å². The van der Waals surface area contributed by atoms with Gasteiger partial charge >= 0.3 is 5.97 Å². The van der Waals surface area contributed by atoms with Crippen molar-refractivity contribution in [3.63, 3.8) is 0 Å². The second-order valence-corrected chi connectivity index (χ2v) is 5.48. The molecule has 3 aromatic rings. The number of ether oxygens (including phenoxy) is 1. The standard InChI is InChI=1S/C17H11ClN2O5/c18-12-6-7-15(20(22)23)14(8-12)17(21)24-10-13-9-16(25-19-13)11-4-2-1-3-5-11/h1-9H,10H2. The van der Waals surface area contributed by atoms with Crippen molar-refractivity contribution in [3.8, 4) is 11.3 Å². The van der Waals surface area contributed by atoms with Gasteiger partial charge in [-0.3, -0.25) is 10.1 Å². The summed E-state index contributed by atoms with van der Waals surface area (Å²) < 4.78 is 10.3. The number of benzene rings is 2. The quantitative estimate of drug-likeness (QED) is 0.384. The van der Waals surface area contributed by atoms with Gasteiger partial charge in [-0.25, -0.2) is 4.79 Å². The van der Waals surface area contributed by atoms with Gasteiger partial charge in [-0.1, -0.05) is 47.1 Å². The molecule has 25 heavy (non-hydrogen) atoms. The summed E-state index contributed by atoms with van der Waals surface area (Å²) in [5, 5.41) is 15.0. The van der Waals surface area contributed by atoms with Crippen LogP contribution in [0.25, 0.3) is 11.3 Å². The van der Waals surface area contributed by atoms with Crippen molar-refractivity contribution >= 4 is 23.3 Å². The lowest BCUT2D eigenvalue weighted by molar-refractivity contribution is -0.385. The minimum Gasteiger partial charge on any atom is -0.455 e. The number of carbonyl (C=O) groups is 1. The molecule has 0 spiro atoms. The molecule has 0 atom stereocenters. The molecule has 8 heteroatoms. The Bertz CT molecular complexity index is 924. The molecule has 0 unspecified atom stereocenters. The van der Waals surface area contributed by atoms with Gasteiger partial charge in [0.05, 0.1) is 4.92 Å². The van der Waals surface area contributed by atoms with Crippen molar-refractivity contribution in [1.29, 1.82) is 0 Å². The van der Waals surface area contributed by atoms with Crippen molar-refractivity contribution in [1.82, 2.24) is 5.16 Å². The van der Waals surface area contributed by atoms with Crippen LogP contribution < -0.4 is 0 Å². The number of carbonyl (C=O) groups excluding carboxylic acids is 1. The minimum atomic E-state index is -0.863. The van der Waals surface area contributed by atoms with Gasteiger partial charge < -0.3 is 9.26 Å². The van der Waals surface area contributed by atoms with E-state index in [1.165, 1.54) is 12.1 Å². The molecule has 3 rings (SSSR count). The Kier molecular flexibility index (Phi) is 4.76. The highest BCUT2D eigenvalue weighted by atomic mass is 35.5. The summed E-state index contributed by atoms with van der Waals surface area (Å²) in [5.41, 5.74) is 0.624. The smallest absolute Gasteiger partial charge is 0.345 e. The minimum absolute atomic E-state index is 0.182. The van der Waals surface area contributed by atoms with E-state index in [9.17, 15) is 14.9 Å². The third kappa shape index (κ3) is 3.84. The van der Waals surface area contributed by atoms with E-state index in [0.29, 0.717) is 11.5 Å². The zero-order valence-corrected chi connectivity index (χ0v) is 13.5. The molecule has 0 aliphatic rings. The summed E-state index contributed by atoms with van der Waals surface area (Å²) >= 11 is 5.80. The van der Waals surface area contributed by atoms with Gasteiger partial charge in [0.15, 0.2) is 5.76 Å². The Balaban J connectivity index is 1.72. The third-order valence-corrected chi connectivity index (χ3v) is 3.58. The Hall–Kier alpha value is -3.19. The highest BCUT2D eigenvalue weighted by Crippen LogP contribution is 2.24. The molecule has 7 nitrogen and oxygen atoms in total. The number of aromatic nitrogens is 1. The highest BCUT2D eigenvalue weighted by Gasteiger charge is 2.22. The molecule has 0 saturated heterocycles. The van der Waals surface area contributed by atoms with Crippen LogP contribution in [0.15, 0.2) is 59.1 Å². The first-order valence-corrected chi connectivity index (χ1v) is 7.54. The van der Waals surface area contributed by atoms with Crippen molar-refractivity contribution in [2.75, 3.05) is 0 Å². The van der Waals surface area contributed by atoms with Gasteiger partial charge in [0.2, 0.25) is 0 Å². The average Bonchev–Trinajstić information content (AvgIpc) is 3.09. The predicted molar refractivity (Wildman–Crippen MR) is 89.2 cm³/mol. The molecule has 0 fully saturated rings. The summed E-state index contributed by atoms with van der Waals surface area (Å²) in [4.78, 5) is 22.5. The van der Waals surface area contributed by atoms with Gasteiger partial charge in [-0.2, -0.15) is 0 Å². The van der Waals surface area contributed by atoms with Crippen molar-refractivity contribution in [2.45, 2.75) is 6.61 Å². The van der Waals surface area contributed by atoms with E-state index in [4.69, 9.17) is 20.9 Å². The zero-order chi connectivity index (χ0) is 17.8. The fourth-order valence-corrected chi connectivity index (χ4v) is 2.34. The number of hydrogen-bond acceptors (Lipinski definition) is 6. The molecule has 1 heterocycles. The zero-order valence-electron chi connectivity index (χ0n) is 12.7. The van der Waals surface area contributed by atoms with Crippen LogP contribution in [0.1, 0.15) is 16.1 Å². The summed E-state index contributed by atoms with van der Waals surface area (Å²) in [5.74, 6) is -0.334. The highest BCUT2D eigenvalue weighted by molar-refractivity contribution is 6.31. The average molecular weight is 359 g/mol. The van der Waals surface area contributed by atoms with Crippen LogP contribution in [0, 0.1) is 10.1 Å². The molecular formula is C17H11ClN2O5. The van der Waals surface area contributed by atoms with Gasteiger partial charge in [-0.05, 0) is 12.1 Å². The van der Waals surface area contributed by atoms with Crippen LogP contribution >= 0.6 is 11.6 Å². The fourth-order valence-electron chi connectivity index (χ4n) is 2.17. The molecule has 0 saturated carbocycles. The van der Waals surface area contributed by atoms with E-state index >= 15 is 0 Å². The van der Waals surface area contributed by atoms with Crippen LogP contribution in [-0.4, -0.2) is 16.0 Å². The first-order chi connectivity index (χ1) is 12.0. The number of hydrogen-bond donors (Lipinski definition) is 0. The summed E-state index contributed by atoms with van der Waals surface area (Å²) in [7, 11) is 0. The van der Waals surface area contributed by atoms with Gasteiger partial charge in [0.25, 0.3) is 5.69 Å². The third-order valence-electron chi connectivity index (χ3n) is 3.34. The number of nitrogens with zero attached hydrogens (tertiary/aromatic N) is 2. The van der Waals surface area contributed by atoms with Crippen molar-refractivity contribution < 1.29 is 19.0 Å². The molecule has 2 aromatic carbocycles. The second-order valence-electron chi connectivity index (χ2n) is 5.04. The molecule has 0 amide bonds. The maximum absolute atomic E-state index is 12.1. The summed E-state index contributed by atoms with van der Waals surface area (Å²) in [6.07, 6.45) is 0. The molecule has 0 bridgehead atoms. The Morgan fingerprint density at radius 1 is 1.20 bits per heavy atom. The van der Waals surface area contributed by atoms with E-state index in [1.54, 1.807) is 6.07 Å². The lowest BCUT2D eigenvalue weighted by Crippen LogP contribution is -2.08. The molecule has 0 N–H and O–H groups in total. The molecule has 0 radical (unpaired) electrons. The Morgan fingerprint density at radius 2 is 1.96 bits per heavy atom. The molecule has 0 aliphatic carbocycles. The topological polar surface area (TPSA) is 95.5 Å². The van der Waals surface area contributed by atoms with Gasteiger partial charge in [-0.15, -0.1) is 0 Å². The van der Waals surface area contributed by atoms with Crippen LogP contribution in [0.5, 0.6) is 0 Å². The predicted octanol–water partition coefficient (Wildman–Crippen LogP) is 4.26. The van der Waals surface area contributed by atoms with E-state index in [-0.39, 0.29) is 22.9 Å². The molecule has 0 aliphatic heterocycles. The van der Waals surface area contributed by atoms with Crippen LogP contribution in [0.2, 0.25) is 5.02 Å². The lowest BCUT2D eigenvalue weighted by Gasteiger charge is -2.04. The van der Waals surface area contributed by atoms with Crippen molar-refractivity contribution in [2.24, 2.45) is 0 Å². The lowest BCUT2D eigenvalue weighted by atomic mass is 10.1. The Labute approximate surface area is 146 Å². The van der Waals surface area contributed by atoms with Gasteiger partial charge in [0, 0.05) is 22.7 Å². The number of nitro groups is 1. The van der Waals surface area contributed by atoms with E-state index < -0.39 is 10.9 Å².